The Morgan fingerprint density at radius 1 is 0.875 bits per heavy atom. The second-order valence-corrected chi connectivity index (χ2v) is 6.78. The summed E-state index contributed by atoms with van der Waals surface area (Å²) in [5.74, 6) is 1.48. The second kappa shape index (κ2) is 5.35. The summed E-state index contributed by atoms with van der Waals surface area (Å²) in [6, 6.07) is 16.2. The first-order valence-corrected chi connectivity index (χ1v) is 8.58. The van der Waals surface area contributed by atoms with Crippen molar-refractivity contribution in [2.45, 2.75) is 30.8 Å². The maximum atomic E-state index is 13.6. The van der Waals surface area contributed by atoms with Gasteiger partial charge in [-0.2, -0.15) is 0 Å². The molecular formula is C20H19NO3. The van der Waals surface area contributed by atoms with E-state index in [2.05, 4.69) is 4.90 Å². The first kappa shape index (κ1) is 14.1. The molecule has 0 spiro atoms. The van der Waals surface area contributed by atoms with Gasteiger partial charge in [0.1, 0.15) is 11.5 Å². The van der Waals surface area contributed by atoms with Gasteiger partial charge in [-0.25, -0.2) is 0 Å². The van der Waals surface area contributed by atoms with Gasteiger partial charge in [0, 0.05) is 11.1 Å². The maximum absolute atomic E-state index is 13.6. The summed E-state index contributed by atoms with van der Waals surface area (Å²) in [6.07, 6.45) is 2.09. The van der Waals surface area contributed by atoms with E-state index in [1.54, 1.807) is 0 Å². The molecule has 122 valence electrons. The Labute approximate surface area is 141 Å². The monoisotopic (exact) mass is 321 g/mol. The molecule has 0 saturated carbocycles. The third kappa shape index (κ3) is 1.99. The van der Waals surface area contributed by atoms with Crippen LogP contribution in [0.15, 0.2) is 48.5 Å². The van der Waals surface area contributed by atoms with Gasteiger partial charge in [-0.05, 0) is 25.0 Å². The lowest BCUT2D eigenvalue weighted by atomic mass is 9.86. The van der Waals surface area contributed by atoms with Gasteiger partial charge in [-0.1, -0.05) is 36.4 Å². The van der Waals surface area contributed by atoms with Crippen molar-refractivity contribution >= 4 is 5.91 Å². The quantitative estimate of drug-likeness (QED) is 0.809. The molecule has 0 aromatic heterocycles. The number of ether oxygens (including phenoxy) is 2. The van der Waals surface area contributed by atoms with Gasteiger partial charge in [0.05, 0.1) is 31.2 Å². The molecule has 1 amide bonds. The standard InChI is InChI=1S/C20H19NO3/c22-20(21-13-9-10-14(21)12-23-11-13)19-15-5-1-3-7-17(15)24-18-8-4-2-6-16(18)19/h1-8,13-14,19H,9-12H2/t13-,14-/m0/s1. The first-order valence-electron chi connectivity index (χ1n) is 8.58. The van der Waals surface area contributed by atoms with Crippen LogP contribution in [-0.4, -0.2) is 36.1 Å². The van der Waals surface area contributed by atoms with Crippen molar-refractivity contribution in [3.8, 4) is 11.5 Å². The predicted molar refractivity (Wildman–Crippen MR) is 89.3 cm³/mol. The number of carbonyl (C=O) groups is 1. The van der Waals surface area contributed by atoms with Crippen molar-refractivity contribution in [3.05, 3.63) is 59.7 Å². The fraction of sp³-hybridized carbons (Fsp3) is 0.350. The van der Waals surface area contributed by atoms with Gasteiger partial charge >= 0.3 is 0 Å². The van der Waals surface area contributed by atoms with Crippen LogP contribution in [0.1, 0.15) is 29.9 Å². The van der Waals surface area contributed by atoms with Gasteiger partial charge in [-0.15, -0.1) is 0 Å². The maximum Gasteiger partial charge on any atom is 0.235 e. The number of para-hydroxylation sites is 2. The van der Waals surface area contributed by atoms with Crippen LogP contribution in [-0.2, 0) is 9.53 Å². The molecule has 0 aliphatic carbocycles. The summed E-state index contributed by atoms with van der Waals surface area (Å²) in [5, 5.41) is 0. The van der Waals surface area contributed by atoms with E-state index in [-0.39, 0.29) is 23.9 Å². The lowest BCUT2D eigenvalue weighted by Crippen LogP contribution is -2.51. The Hall–Kier alpha value is -2.33. The normalized spacial score (nSPS) is 24.9. The highest BCUT2D eigenvalue weighted by atomic mass is 16.5. The van der Waals surface area contributed by atoms with Crippen LogP contribution in [0.4, 0.5) is 0 Å². The average molecular weight is 321 g/mol. The molecule has 2 bridgehead atoms. The Morgan fingerprint density at radius 3 is 2.00 bits per heavy atom. The summed E-state index contributed by atoms with van der Waals surface area (Å²) in [5.41, 5.74) is 1.93. The highest BCUT2D eigenvalue weighted by molar-refractivity contribution is 5.90. The first-order chi connectivity index (χ1) is 11.8. The van der Waals surface area contributed by atoms with Crippen LogP contribution in [0.3, 0.4) is 0 Å². The van der Waals surface area contributed by atoms with E-state index in [0.717, 1.165) is 35.5 Å². The predicted octanol–water partition coefficient (Wildman–Crippen LogP) is 3.31. The van der Waals surface area contributed by atoms with E-state index in [4.69, 9.17) is 9.47 Å². The van der Waals surface area contributed by atoms with Gasteiger partial charge in [0.2, 0.25) is 5.91 Å². The molecule has 3 aliphatic heterocycles. The van der Waals surface area contributed by atoms with Crippen LogP contribution in [0, 0.1) is 0 Å². The zero-order chi connectivity index (χ0) is 16.1. The van der Waals surface area contributed by atoms with E-state index in [0.29, 0.717) is 13.2 Å². The summed E-state index contributed by atoms with van der Waals surface area (Å²) in [6.45, 7) is 1.32. The molecule has 2 fully saturated rings. The van der Waals surface area contributed by atoms with Crippen LogP contribution in [0.25, 0.3) is 0 Å². The Balaban J connectivity index is 1.61. The minimum Gasteiger partial charge on any atom is -0.457 e. The van der Waals surface area contributed by atoms with Crippen LogP contribution in [0.5, 0.6) is 11.5 Å². The van der Waals surface area contributed by atoms with Crippen molar-refractivity contribution in [1.29, 1.82) is 0 Å². The number of nitrogens with zero attached hydrogens (tertiary/aromatic N) is 1. The van der Waals surface area contributed by atoms with E-state index >= 15 is 0 Å². The zero-order valence-corrected chi connectivity index (χ0v) is 13.4. The number of hydrogen-bond donors (Lipinski definition) is 0. The van der Waals surface area contributed by atoms with Crippen LogP contribution >= 0.6 is 0 Å². The van der Waals surface area contributed by atoms with Crippen LogP contribution in [0.2, 0.25) is 0 Å². The molecule has 2 aromatic carbocycles. The van der Waals surface area contributed by atoms with Crippen molar-refractivity contribution in [1.82, 2.24) is 4.90 Å². The highest BCUT2D eigenvalue weighted by Crippen LogP contribution is 2.46. The fourth-order valence-electron chi connectivity index (χ4n) is 4.31. The number of rotatable bonds is 1. The van der Waals surface area contributed by atoms with Gasteiger partial charge in [0.25, 0.3) is 0 Å². The van der Waals surface area contributed by atoms with Crippen LogP contribution < -0.4 is 4.74 Å². The number of hydrogen-bond acceptors (Lipinski definition) is 3. The number of amides is 1. The van der Waals surface area contributed by atoms with Gasteiger partial charge < -0.3 is 14.4 Å². The third-order valence-electron chi connectivity index (χ3n) is 5.42. The molecule has 0 unspecified atom stereocenters. The Morgan fingerprint density at radius 2 is 1.42 bits per heavy atom. The minimum atomic E-state index is -0.285. The second-order valence-electron chi connectivity index (χ2n) is 6.78. The van der Waals surface area contributed by atoms with E-state index in [1.165, 1.54) is 0 Å². The minimum absolute atomic E-state index is 0.189. The fourth-order valence-corrected chi connectivity index (χ4v) is 4.31. The molecule has 24 heavy (non-hydrogen) atoms. The number of fused-ring (bicyclic) bond motifs is 4. The molecule has 0 N–H and O–H groups in total. The molecule has 5 rings (SSSR count). The molecule has 0 radical (unpaired) electrons. The zero-order valence-electron chi connectivity index (χ0n) is 13.4. The number of morpholine rings is 1. The molecular weight excluding hydrogens is 302 g/mol. The lowest BCUT2D eigenvalue weighted by molar-refractivity contribution is -0.141. The summed E-state index contributed by atoms with van der Waals surface area (Å²) >= 11 is 0. The van der Waals surface area contributed by atoms with E-state index in [1.807, 2.05) is 48.5 Å². The van der Waals surface area contributed by atoms with E-state index < -0.39 is 0 Å². The van der Waals surface area contributed by atoms with Crippen molar-refractivity contribution in [2.75, 3.05) is 13.2 Å². The molecule has 3 heterocycles. The summed E-state index contributed by atoms with van der Waals surface area (Å²) in [7, 11) is 0. The van der Waals surface area contributed by atoms with Crippen molar-refractivity contribution in [3.63, 3.8) is 0 Å². The molecule has 2 saturated heterocycles. The van der Waals surface area contributed by atoms with Gasteiger partial charge in [0.15, 0.2) is 0 Å². The summed E-state index contributed by atoms with van der Waals surface area (Å²) < 4.78 is 11.7. The molecule has 2 atom stereocenters. The lowest BCUT2D eigenvalue weighted by Gasteiger charge is -2.38. The van der Waals surface area contributed by atoms with E-state index in [9.17, 15) is 4.79 Å². The Kier molecular flexibility index (Phi) is 3.13. The largest absolute Gasteiger partial charge is 0.457 e. The average Bonchev–Trinajstić information content (AvgIpc) is 2.87. The Bertz CT molecular complexity index is 741. The molecule has 3 aliphatic rings. The van der Waals surface area contributed by atoms with Gasteiger partial charge in [-0.3, -0.25) is 4.79 Å². The number of benzene rings is 2. The SMILES string of the molecule is O=C(C1c2ccccc2Oc2ccccc21)N1[C@H]2CC[C@H]1COC2. The molecule has 2 aromatic rings. The number of carbonyl (C=O) groups excluding carboxylic acids is 1. The topological polar surface area (TPSA) is 38.8 Å². The van der Waals surface area contributed by atoms with Crippen molar-refractivity contribution < 1.29 is 14.3 Å². The molecule has 4 nitrogen and oxygen atoms in total. The smallest absolute Gasteiger partial charge is 0.235 e. The highest BCUT2D eigenvalue weighted by Gasteiger charge is 2.45. The summed E-state index contributed by atoms with van der Waals surface area (Å²) in [4.78, 5) is 15.6. The third-order valence-corrected chi connectivity index (χ3v) is 5.42. The van der Waals surface area contributed by atoms with Crippen molar-refractivity contribution in [2.24, 2.45) is 0 Å². The molecule has 4 heteroatoms.